The highest BCUT2D eigenvalue weighted by Crippen LogP contribution is 2.34. The molecule has 1 fully saturated rings. The molecule has 106 valence electrons. The SMILES string of the molecule is Cc1nn(C)c(C)c1C(C)N1CCC(C(=O)O)C1C. The van der Waals surface area contributed by atoms with Crippen LogP contribution >= 0.6 is 0 Å². The number of likely N-dealkylation sites (tertiary alicyclic amines) is 1. The van der Waals surface area contributed by atoms with Crippen molar-refractivity contribution >= 4 is 5.97 Å². The maximum Gasteiger partial charge on any atom is 0.308 e. The quantitative estimate of drug-likeness (QED) is 0.906. The summed E-state index contributed by atoms with van der Waals surface area (Å²) in [6.07, 6.45) is 0.735. The molecule has 2 heterocycles. The van der Waals surface area contributed by atoms with Crippen molar-refractivity contribution in [3.63, 3.8) is 0 Å². The number of hydrogen-bond donors (Lipinski definition) is 1. The number of rotatable bonds is 3. The molecule has 0 aromatic carbocycles. The third-order valence-corrected chi connectivity index (χ3v) is 4.60. The first kappa shape index (κ1) is 14.1. The fourth-order valence-corrected chi connectivity index (χ4v) is 3.40. The van der Waals surface area contributed by atoms with Crippen LogP contribution in [0.3, 0.4) is 0 Å². The van der Waals surface area contributed by atoms with Crippen molar-refractivity contribution in [1.82, 2.24) is 14.7 Å². The van der Waals surface area contributed by atoms with Gasteiger partial charge in [-0.3, -0.25) is 14.4 Å². The van der Waals surface area contributed by atoms with Gasteiger partial charge in [-0.2, -0.15) is 5.10 Å². The Bertz CT molecular complexity index is 495. The van der Waals surface area contributed by atoms with Gasteiger partial charge in [0.05, 0.1) is 11.6 Å². The molecule has 1 aromatic heterocycles. The molecule has 0 radical (unpaired) electrons. The van der Waals surface area contributed by atoms with Crippen LogP contribution in [0.1, 0.15) is 43.3 Å². The van der Waals surface area contributed by atoms with E-state index in [1.165, 1.54) is 5.56 Å². The molecule has 19 heavy (non-hydrogen) atoms. The van der Waals surface area contributed by atoms with Gasteiger partial charge in [0.15, 0.2) is 0 Å². The molecular weight excluding hydrogens is 242 g/mol. The van der Waals surface area contributed by atoms with Crippen molar-refractivity contribution in [2.24, 2.45) is 13.0 Å². The molecule has 3 unspecified atom stereocenters. The van der Waals surface area contributed by atoms with Crippen LogP contribution in [0, 0.1) is 19.8 Å². The largest absolute Gasteiger partial charge is 0.481 e. The molecule has 1 saturated heterocycles. The summed E-state index contributed by atoms with van der Waals surface area (Å²) < 4.78 is 1.90. The zero-order valence-electron chi connectivity index (χ0n) is 12.3. The summed E-state index contributed by atoms with van der Waals surface area (Å²) in [6, 6.07) is 0.291. The molecule has 0 aliphatic carbocycles. The van der Waals surface area contributed by atoms with Crippen molar-refractivity contribution in [2.75, 3.05) is 6.54 Å². The summed E-state index contributed by atoms with van der Waals surface area (Å²) in [7, 11) is 1.95. The van der Waals surface area contributed by atoms with Crippen LogP contribution in [-0.4, -0.2) is 38.3 Å². The molecule has 1 aromatic rings. The number of aliphatic carboxylic acids is 1. The summed E-state index contributed by atoms with van der Waals surface area (Å²) in [5, 5.41) is 13.7. The zero-order valence-corrected chi connectivity index (χ0v) is 12.3. The third-order valence-electron chi connectivity index (χ3n) is 4.60. The maximum absolute atomic E-state index is 11.2. The van der Waals surface area contributed by atoms with Gasteiger partial charge in [-0.25, -0.2) is 0 Å². The number of aryl methyl sites for hydroxylation is 2. The number of carbonyl (C=O) groups is 1. The molecule has 0 spiro atoms. The van der Waals surface area contributed by atoms with Crippen molar-refractivity contribution in [2.45, 2.75) is 46.2 Å². The Hall–Kier alpha value is -1.36. The van der Waals surface area contributed by atoms with Crippen LogP contribution in [0.15, 0.2) is 0 Å². The van der Waals surface area contributed by atoms with Gasteiger partial charge in [-0.1, -0.05) is 0 Å². The maximum atomic E-state index is 11.2. The van der Waals surface area contributed by atoms with Gasteiger partial charge in [0.2, 0.25) is 0 Å². The van der Waals surface area contributed by atoms with E-state index >= 15 is 0 Å². The Morgan fingerprint density at radius 2 is 2.11 bits per heavy atom. The van der Waals surface area contributed by atoms with Crippen LogP contribution in [0.25, 0.3) is 0 Å². The molecule has 5 heteroatoms. The Labute approximate surface area is 114 Å². The first-order valence-electron chi connectivity index (χ1n) is 6.83. The van der Waals surface area contributed by atoms with E-state index in [1.807, 2.05) is 25.6 Å². The number of carboxylic acids is 1. The third kappa shape index (κ3) is 2.27. The van der Waals surface area contributed by atoms with Gasteiger partial charge in [0, 0.05) is 30.4 Å². The van der Waals surface area contributed by atoms with Gasteiger partial charge >= 0.3 is 5.97 Å². The lowest BCUT2D eigenvalue weighted by Gasteiger charge is -2.30. The number of aromatic nitrogens is 2. The Morgan fingerprint density at radius 3 is 2.53 bits per heavy atom. The van der Waals surface area contributed by atoms with E-state index in [0.29, 0.717) is 0 Å². The van der Waals surface area contributed by atoms with Crippen LogP contribution in [0.5, 0.6) is 0 Å². The Balaban J connectivity index is 2.26. The molecule has 1 N–H and O–H groups in total. The summed E-state index contributed by atoms with van der Waals surface area (Å²) in [5.41, 5.74) is 3.44. The molecule has 2 rings (SSSR count). The number of carboxylic acid groups (broad SMARTS) is 1. The summed E-state index contributed by atoms with van der Waals surface area (Å²) in [4.78, 5) is 13.5. The molecule has 3 atom stereocenters. The van der Waals surface area contributed by atoms with Crippen LogP contribution in [-0.2, 0) is 11.8 Å². The molecule has 0 bridgehead atoms. The average molecular weight is 265 g/mol. The van der Waals surface area contributed by atoms with Crippen molar-refractivity contribution in [3.05, 3.63) is 17.0 Å². The van der Waals surface area contributed by atoms with Gasteiger partial charge in [-0.15, -0.1) is 0 Å². The average Bonchev–Trinajstić information content (AvgIpc) is 2.80. The minimum absolute atomic E-state index is 0.0755. The topological polar surface area (TPSA) is 58.4 Å². The van der Waals surface area contributed by atoms with Gasteiger partial charge in [0.1, 0.15) is 0 Å². The minimum Gasteiger partial charge on any atom is -0.481 e. The zero-order chi connectivity index (χ0) is 14.3. The summed E-state index contributed by atoms with van der Waals surface area (Å²) in [6.45, 7) is 9.10. The molecular formula is C14H23N3O2. The number of nitrogens with zero attached hydrogens (tertiary/aromatic N) is 3. The van der Waals surface area contributed by atoms with E-state index in [9.17, 15) is 9.90 Å². The van der Waals surface area contributed by atoms with E-state index in [2.05, 4.69) is 23.8 Å². The Morgan fingerprint density at radius 1 is 1.47 bits per heavy atom. The lowest BCUT2D eigenvalue weighted by Crippen LogP contribution is -2.35. The van der Waals surface area contributed by atoms with Gasteiger partial charge in [-0.05, 0) is 40.7 Å². The lowest BCUT2D eigenvalue weighted by atomic mass is 10.00. The first-order chi connectivity index (χ1) is 8.84. The van der Waals surface area contributed by atoms with Crippen molar-refractivity contribution in [3.8, 4) is 0 Å². The molecule has 1 aliphatic rings. The van der Waals surface area contributed by atoms with E-state index in [0.717, 1.165) is 24.4 Å². The Kier molecular flexibility index (Phi) is 3.67. The fourth-order valence-electron chi connectivity index (χ4n) is 3.40. The highest BCUT2D eigenvalue weighted by molar-refractivity contribution is 5.71. The first-order valence-corrected chi connectivity index (χ1v) is 6.83. The van der Waals surface area contributed by atoms with Crippen molar-refractivity contribution < 1.29 is 9.90 Å². The monoisotopic (exact) mass is 265 g/mol. The summed E-state index contributed by atoms with van der Waals surface area (Å²) in [5.74, 6) is -0.929. The standard InChI is InChI=1S/C14H23N3O2/c1-8-13(10(3)16(5)15-8)11(4)17-7-6-12(9(17)2)14(18)19/h9,11-12H,6-7H2,1-5H3,(H,18,19). The molecule has 5 nitrogen and oxygen atoms in total. The van der Waals surface area contributed by atoms with Gasteiger partial charge in [0.25, 0.3) is 0 Å². The second-order valence-electron chi connectivity index (χ2n) is 5.60. The highest BCUT2D eigenvalue weighted by Gasteiger charge is 2.39. The van der Waals surface area contributed by atoms with Gasteiger partial charge < -0.3 is 5.11 Å². The minimum atomic E-state index is -0.679. The van der Waals surface area contributed by atoms with Crippen LogP contribution in [0.4, 0.5) is 0 Å². The summed E-state index contributed by atoms with van der Waals surface area (Å²) >= 11 is 0. The number of hydrogen-bond acceptors (Lipinski definition) is 3. The second kappa shape index (κ2) is 4.96. The lowest BCUT2D eigenvalue weighted by molar-refractivity contribution is -0.142. The van der Waals surface area contributed by atoms with Crippen LogP contribution in [0.2, 0.25) is 0 Å². The predicted molar refractivity (Wildman–Crippen MR) is 73.0 cm³/mol. The van der Waals surface area contributed by atoms with E-state index in [-0.39, 0.29) is 18.0 Å². The van der Waals surface area contributed by atoms with E-state index < -0.39 is 5.97 Å². The highest BCUT2D eigenvalue weighted by atomic mass is 16.4. The molecule has 0 saturated carbocycles. The van der Waals surface area contributed by atoms with Crippen LogP contribution < -0.4 is 0 Å². The molecule has 0 amide bonds. The normalized spacial score (nSPS) is 25.7. The van der Waals surface area contributed by atoms with E-state index in [1.54, 1.807) is 0 Å². The molecule has 1 aliphatic heterocycles. The van der Waals surface area contributed by atoms with E-state index in [4.69, 9.17) is 0 Å². The van der Waals surface area contributed by atoms with Crippen molar-refractivity contribution in [1.29, 1.82) is 0 Å². The second-order valence-corrected chi connectivity index (χ2v) is 5.60. The predicted octanol–water partition coefficient (Wildman–Crippen LogP) is 1.89. The smallest absolute Gasteiger partial charge is 0.308 e. The fraction of sp³-hybridized carbons (Fsp3) is 0.714.